The van der Waals surface area contributed by atoms with Crippen molar-refractivity contribution in [3.05, 3.63) is 24.2 Å². The van der Waals surface area contributed by atoms with Crippen LogP contribution in [0.5, 0.6) is 0 Å². The fraction of sp³-hybridized carbons (Fsp3) is 0.714. The zero-order chi connectivity index (χ0) is 26.8. The number of carbonyl (C=O) groups excluding carboxylic acids is 4. The molecule has 5 fully saturated rings. The molecule has 9 nitrogen and oxygen atoms in total. The summed E-state index contributed by atoms with van der Waals surface area (Å²) < 4.78 is 29.3. The third-order valence-electron chi connectivity index (χ3n) is 10.8. The van der Waals surface area contributed by atoms with Gasteiger partial charge in [-0.05, 0) is 45.6 Å². The second-order valence-electron chi connectivity index (χ2n) is 12.7. The third kappa shape index (κ3) is 2.79. The molecule has 0 radical (unpaired) electrons. The molecule has 9 heteroatoms. The van der Waals surface area contributed by atoms with Gasteiger partial charge in [-0.2, -0.15) is 0 Å². The van der Waals surface area contributed by atoms with Gasteiger partial charge in [0.05, 0.1) is 24.4 Å². The van der Waals surface area contributed by atoms with E-state index in [9.17, 15) is 19.2 Å². The minimum Gasteiger partial charge on any atom is -0.472 e. The third-order valence-corrected chi connectivity index (χ3v) is 10.8. The average molecular weight is 515 g/mol. The lowest BCUT2D eigenvalue weighted by Gasteiger charge is -2.66. The highest BCUT2D eigenvalue weighted by atomic mass is 16.7. The molecule has 4 heterocycles. The van der Waals surface area contributed by atoms with Crippen LogP contribution in [0.4, 0.5) is 0 Å². The fourth-order valence-electron chi connectivity index (χ4n) is 9.24. The predicted molar refractivity (Wildman–Crippen MR) is 126 cm³/mol. The van der Waals surface area contributed by atoms with Crippen LogP contribution in [0.25, 0.3) is 0 Å². The molecule has 9 atom stereocenters. The molecule has 1 aromatic heterocycles. The van der Waals surface area contributed by atoms with E-state index in [0.717, 1.165) is 5.56 Å². The van der Waals surface area contributed by atoms with Crippen molar-refractivity contribution in [1.82, 2.24) is 0 Å². The Kier molecular flexibility index (Phi) is 4.82. The SMILES string of the molecule is CC(=O)O[C@@H]1CC(=O)OC(C)(C)[C@@H]2CC(=O)[C@]3(C)[C@@H](CC[C@]4(C)[C@H](c5ccoc5)OC(=O)[C@H]5O[C@]543)[C@]12C. The molecule has 0 amide bonds. The van der Waals surface area contributed by atoms with Crippen molar-refractivity contribution in [1.29, 1.82) is 0 Å². The summed E-state index contributed by atoms with van der Waals surface area (Å²) in [6.45, 7) is 11.0. The Labute approximate surface area is 215 Å². The quantitative estimate of drug-likeness (QED) is 0.330. The van der Waals surface area contributed by atoms with Crippen LogP contribution in [-0.4, -0.2) is 47.1 Å². The van der Waals surface area contributed by atoms with Crippen molar-refractivity contribution in [3.63, 3.8) is 0 Å². The number of carbonyl (C=O) groups is 4. The molecule has 2 saturated carbocycles. The van der Waals surface area contributed by atoms with Crippen LogP contribution in [0.2, 0.25) is 0 Å². The highest BCUT2D eigenvalue weighted by molar-refractivity contribution is 5.93. The van der Waals surface area contributed by atoms with E-state index in [1.54, 1.807) is 12.3 Å². The number of ketones is 1. The first-order chi connectivity index (χ1) is 17.2. The molecule has 37 heavy (non-hydrogen) atoms. The average Bonchev–Trinajstić information content (AvgIpc) is 3.38. The number of esters is 3. The van der Waals surface area contributed by atoms with E-state index in [1.165, 1.54) is 13.2 Å². The van der Waals surface area contributed by atoms with E-state index >= 15 is 0 Å². The molecular formula is C28H34O9. The second kappa shape index (κ2) is 7.24. The lowest BCUT2D eigenvalue weighted by molar-refractivity contribution is -0.234. The van der Waals surface area contributed by atoms with Gasteiger partial charge in [-0.15, -0.1) is 0 Å². The number of cyclic esters (lactones) is 2. The van der Waals surface area contributed by atoms with Crippen LogP contribution in [0.3, 0.4) is 0 Å². The van der Waals surface area contributed by atoms with Gasteiger partial charge in [-0.3, -0.25) is 14.4 Å². The molecule has 1 aromatic rings. The number of hydrogen-bond donors (Lipinski definition) is 0. The van der Waals surface area contributed by atoms with Crippen molar-refractivity contribution in [2.75, 3.05) is 0 Å². The minimum absolute atomic E-state index is 0.0263. The Morgan fingerprint density at radius 3 is 2.41 bits per heavy atom. The van der Waals surface area contributed by atoms with Crippen molar-refractivity contribution < 1.29 is 42.5 Å². The van der Waals surface area contributed by atoms with Crippen LogP contribution in [0, 0.1) is 28.1 Å². The molecule has 2 aliphatic carbocycles. The van der Waals surface area contributed by atoms with Crippen LogP contribution >= 0.6 is 0 Å². The van der Waals surface area contributed by atoms with E-state index in [0.29, 0.717) is 12.8 Å². The Bertz CT molecular complexity index is 1200. The Balaban J connectivity index is 1.54. The first-order valence-electron chi connectivity index (χ1n) is 13.1. The maximum Gasteiger partial charge on any atom is 0.339 e. The number of rotatable bonds is 2. The number of epoxide rings is 1. The van der Waals surface area contributed by atoms with Gasteiger partial charge in [0.1, 0.15) is 29.2 Å². The summed E-state index contributed by atoms with van der Waals surface area (Å²) >= 11 is 0. The van der Waals surface area contributed by atoms with Gasteiger partial charge in [0.25, 0.3) is 0 Å². The standard InChI is InChI=1S/C28H34O9/c1-14(29)34-19-12-20(31)36-24(2,3)17-11-18(30)27(6)16(26(17,19)5)7-9-25(4)21(15-8-10-33-13-15)35-23(32)22-28(25,27)37-22/h8,10,13,16-17,19,21-22H,7,9,11-12H2,1-6H3/t16-,17-,19+,21-,22+,25+,26-,27-,28+/m0/s1. The summed E-state index contributed by atoms with van der Waals surface area (Å²) in [5, 5.41) is 0. The zero-order valence-corrected chi connectivity index (χ0v) is 22.1. The Morgan fingerprint density at radius 1 is 1.03 bits per heavy atom. The van der Waals surface area contributed by atoms with Gasteiger partial charge >= 0.3 is 17.9 Å². The number of hydrogen-bond acceptors (Lipinski definition) is 9. The minimum atomic E-state index is -1.09. The summed E-state index contributed by atoms with van der Waals surface area (Å²) in [4.78, 5) is 52.7. The molecule has 3 aliphatic heterocycles. The number of ether oxygens (including phenoxy) is 4. The zero-order valence-electron chi connectivity index (χ0n) is 22.1. The predicted octanol–water partition coefficient (Wildman–Crippen LogP) is 3.69. The lowest BCUT2D eigenvalue weighted by Crippen LogP contribution is -2.72. The Morgan fingerprint density at radius 2 is 1.76 bits per heavy atom. The highest BCUT2D eigenvalue weighted by Gasteiger charge is 2.88. The largest absolute Gasteiger partial charge is 0.472 e. The van der Waals surface area contributed by atoms with Crippen LogP contribution in [-0.2, 0) is 38.1 Å². The van der Waals surface area contributed by atoms with E-state index in [1.807, 2.05) is 34.6 Å². The Hall–Kier alpha value is -2.68. The topological polar surface area (TPSA) is 122 Å². The molecule has 5 aliphatic rings. The van der Waals surface area contributed by atoms with Gasteiger partial charge in [-0.25, -0.2) is 4.79 Å². The fourth-order valence-corrected chi connectivity index (χ4v) is 9.24. The molecule has 1 spiro atoms. The maximum absolute atomic E-state index is 14.4. The van der Waals surface area contributed by atoms with Crippen molar-refractivity contribution in [3.8, 4) is 0 Å². The molecule has 0 aromatic carbocycles. The maximum atomic E-state index is 14.4. The first-order valence-corrected chi connectivity index (χ1v) is 13.1. The summed E-state index contributed by atoms with van der Waals surface area (Å²) in [6, 6.07) is 1.78. The number of fused-ring (bicyclic) bond motifs is 3. The van der Waals surface area contributed by atoms with Gasteiger partial charge in [0, 0.05) is 35.7 Å². The van der Waals surface area contributed by atoms with Gasteiger partial charge in [-0.1, -0.05) is 13.8 Å². The van der Waals surface area contributed by atoms with E-state index < -0.39 is 63.7 Å². The summed E-state index contributed by atoms with van der Waals surface area (Å²) in [5.74, 6) is -2.18. The molecule has 6 rings (SSSR count). The van der Waals surface area contributed by atoms with Crippen LogP contribution < -0.4 is 0 Å². The molecule has 200 valence electrons. The van der Waals surface area contributed by atoms with Gasteiger partial charge in [0.2, 0.25) is 0 Å². The summed E-state index contributed by atoms with van der Waals surface area (Å²) in [6.07, 6.45) is 2.06. The monoisotopic (exact) mass is 514 g/mol. The number of Topliss-reactive ketones (excluding diaryl/α,β-unsaturated/α-hetero) is 1. The summed E-state index contributed by atoms with van der Waals surface area (Å²) in [5.41, 5.74) is -3.88. The normalized spacial score (nSPS) is 47.7. The molecule has 3 saturated heterocycles. The van der Waals surface area contributed by atoms with Crippen molar-refractivity contribution in [2.24, 2.45) is 28.1 Å². The van der Waals surface area contributed by atoms with Crippen LogP contribution in [0.15, 0.2) is 23.0 Å². The van der Waals surface area contributed by atoms with Gasteiger partial charge in [0.15, 0.2) is 6.10 Å². The first kappa shape index (κ1) is 24.6. The van der Waals surface area contributed by atoms with E-state index in [2.05, 4.69) is 0 Å². The van der Waals surface area contributed by atoms with Crippen LogP contribution in [0.1, 0.15) is 78.9 Å². The second-order valence-corrected chi connectivity index (χ2v) is 12.7. The molecular weight excluding hydrogens is 480 g/mol. The smallest absolute Gasteiger partial charge is 0.339 e. The lowest BCUT2D eigenvalue weighted by atomic mass is 9.37. The van der Waals surface area contributed by atoms with Gasteiger partial charge < -0.3 is 23.4 Å². The van der Waals surface area contributed by atoms with E-state index in [4.69, 9.17) is 23.4 Å². The number of furan rings is 1. The van der Waals surface area contributed by atoms with E-state index in [-0.39, 0.29) is 30.5 Å². The molecule has 0 unspecified atom stereocenters. The summed E-state index contributed by atoms with van der Waals surface area (Å²) in [7, 11) is 0. The van der Waals surface area contributed by atoms with Crippen molar-refractivity contribution in [2.45, 2.75) is 96.7 Å². The van der Waals surface area contributed by atoms with Crippen molar-refractivity contribution >= 4 is 23.7 Å². The molecule has 0 N–H and O–H groups in total. The highest BCUT2D eigenvalue weighted by Crippen LogP contribution is 2.78. The molecule has 0 bridgehead atoms.